The van der Waals surface area contributed by atoms with Gasteiger partial charge in [-0.3, -0.25) is 0 Å². The van der Waals surface area contributed by atoms with E-state index in [4.69, 9.17) is 14.2 Å². The summed E-state index contributed by atoms with van der Waals surface area (Å²) in [6.07, 6.45) is 0.894. The van der Waals surface area contributed by atoms with Crippen molar-refractivity contribution in [1.29, 1.82) is 0 Å². The van der Waals surface area contributed by atoms with Gasteiger partial charge in [0, 0.05) is 18.8 Å². The topological polar surface area (TPSA) is 73.8 Å². The van der Waals surface area contributed by atoms with Crippen molar-refractivity contribution >= 4 is 11.9 Å². The second-order valence-corrected chi connectivity index (χ2v) is 4.26. The third kappa shape index (κ3) is 3.11. The number of morpholine rings is 1. The predicted molar refractivity (Wildman–Crippen MR) is 67.1 cm³/mol. The summed E-state index contributed by atoms with van der Waals surface area (Å²) in [5, 5.41) is 0. The third-order valence-corrected chi connectivity index (χ3v) is 2.83. The van der Waals surface area contributed by atoms with E-state index in [9.17, 15) is 4.79 Å². The Morgan fingerprint density at radius 1 is 1.47 bits per heavy atom. The molecule has 1 aliphatic heterocycles. The summed E-state index contributed by atoms with van der Waals surface area (Å²) in [6, 6.07) is 1.67. The molecule has 2 atom stereocenters. The molecule has 0 aliphatic carbocycles. The maximum atomic E-state index is 11.6. The van der Waals surface area contributed by atoms with Gasteiger partial charge in [-0.05, 0) is 6.92 Å². The normalized spacial score (nSPS) is 23.0. The predicted octanol–water partition coefficient (Wildman–Crippen LogP) is 0.252. The average molecular weight is 267 g/mol. The zero-order chi connectivity index (χ0) is 13.8. The van der Waals surface area contributed by atoms with Crippen LogP contribution in [0.15, 0.2) is 12.3 Å². The molecule has 0 amide bonds. The van der Waals surface area contributed by atoms with Gasteiger partial charge in [-0.2, -0.15) is 4.98 Å². The van der Waals surface area contributed by atoms with Crippen LogP contribution in [-0.4, -0.2) is 55.5 Å². The van der Waals surface area contributed by atoms with Crippen molar-refractivity contribution < 1.29 is 19.0 Å². The maximum absolute atomic E-state index is 11.6. The van der Waals surface area contributed by atoms with Gasteiger partial charge in [-0.25, -0.2) is 9.78 Å². The molecule has 0 aromatic carbocycles. The van der Waals surface area contributed by atoms with Gasteiger partial charge in [0.15, 0.2) is 6.10 Å². The number of hydrogen-bond acceptors (Lipinski definition) is 7. The Morgan fingerprint density at radius 2 is 2.26 bits per heavy atom. The van der Waals surface area contributed by atoms with Crippen LogP contribution in [-0.2, 0) is 14.3 Å². The van der Waals surface area contributed by atoms with E-state index >= 15 is 0 Å². The van der Waals surface area contributed by atoms with Gasteiger partial charge in [0.25, 0.3) is 0 Å². The van der Waals surface area contributed by atoms with Gasteiger partial charge in [0.2, 0.25) is 11.8 Å². The number of carbonyl (C=O) groups excluding carboxylic acids is 1. The number of methoxy groups -OCH3 is 2. The van der Waals surface area contributed by atoms with Crippen LogP contribution < -0.4 is 9.64 Å². The van der Waals surface area contributed by atoms with Crippen LogP contribution in [0.4, 0.5) is 5.95 Å². The molecule has 2 heterocycles. The van der Waals surface area contributed by atoms with Crippen LogP contribution in [0.1, 0.15) is 6.92 Å². The van der Waals surface area contributed by atoms with Crippen molar-refractivity contribution in [2.24, 2.45) is 0 Å². The van der Waals surface area contributed by atoms with E-state index < -0.39 is 6.10 Å². The fraction of sp³-hybridized carbons (Fsp3) is 0.583. The molecule has 1 fully saturated rings. The second-order valence-electron chi connectivity index (χ2n) is 4.26. The molecule has 104 valence electrons. The molecule has 0 N–H and O–H groups in total. The molecule has 1 aromatic rings. The summed E-state index contributed by atoms with van der Waals surface area (Å²) in [6.45, 7) is 2.87. The molecule has 0 spiro atoms. The number of esters is 1. The number of anilines is 1. The Kier molecular flexibility index (Phi) is 4.16. The minimum Gasteiger partial charge on any atom is -0.481 e. The molecule has 1 aromatic heterocycles. The quantitative estimate of drug-likeness (QED) is 0.727. The number of ether oxygens (including phenoxy) is 3. The van der Waals surface area contributed by atoms with Crippen molar-refractivity contribution in [1.82, 2.24) is 9.97 Å². The molecule has 1 saturated heterocycles. The lowest BCUT2D eigenvalue weighted by Gasteiger charge is -2.35. The van der Waals surface area contributed by atoms with Crippen LogP contribution in [0, 0.1) is 0 Å². The molecule has 7 heteroatoms. The molecule has 0 radical (unpaired) electrons. The zero-order valence-electron chi connectivity index (χ0n) is 11.2. The molecule has 2 rings (SSSR count). The van der Waals surface area contributed by atoms with E-state index in [1.54, 1.807) is 19.4 Å². The number of rotatable bonds is 3. The largest absolute Gasteiger partial charge is 0.481 e. The number of aromatic nitrogens is 2. The zero-order valence-corrected chi connectivity index (χ0v) is 11.2. The molecular weight excluding hydrogens is 250 g/mol. The van der Waals surface area contributed by atoms with Crippen molar-refractivity contribution in [2.45, 2.75) is 19.1 Å². The highest BCUT2D eigenvalue weighted by Gasteiger charge is 2.32. The van der Waals surface area contributed by atoms with Gasteiger partial charge in [-0.1, -0.05) is 0 Å². The van der Waals surface area contributed by atoms with Gasteiger partial charge in [-0.15, -0.1) is 0 Å². The highest BCUT2D eigenvalue weighted by molar-refractivity contribution is 5.75. The summed E-state index contributed by atoms with van der Waals surface area (Å²) in [5.74, 6) is 0.613. The van der Waals surface area contributed by atoms with Crippen molar-refractivity contribution in [2.75, 3.05) is 32.2 Å². The highest BCUT2D eigenvalue weighted by atomic mass is 16.6. The van der Waals surface area contributed by atoms with Gasteiger partial charge in [0.1, 0.15) is 0 Å². The smallest absolute Gasteiger partial charge is 0.336 e. The molecule has 7 nitrogen and oxygen atoms in total. The van der Waals surface area contributed by atoms with Crippen LogP contribution in [0.2, 0.25) is 0 Å². The minimum absolute atomic E-state index is 0.104. The second kappa shape index (κ2) is 5.83. The minimum atomic E-state index is -0.622. The summed E-state index contributed by atoms with van der Waals surface area (Å²) in [5.41, 5.74) is 0. The van der Waals surface area contributed by atoms with Crippen molar-refractivity contribution in [3.05, 3.63) is 12.3 Å². The average Bonchev–Trinajstić information content (AvgIpc) is 2.45. The van der Waals surface area contributed by atoms with E-state index in [-0.39, 0.29) is 12.1 Å². The number of hydrogen-bond donors (Lipinski definition) is 0. The number of carbonyl (C=O) groups is 1. The van der Waals surface area contributed by atoms with E-state index in [1.165, 1.54) is 7.11 Å². The maximum Gasteiger partial charge on any atom is 0.336 e. The first kappa shape index (κ1) is 13.5. The highest BCUT2D eigenvalue weighted by Crippen LogP contribution is 2.19. The molecule has 0 bridgehead atoms. The molecule has 0 unspecified atom stereocenters. The first-order chi connectivity index (χ1) is 9.13. The van der Waals surface area contributed by atoms with E-state index in [0.717, 1.165) is 0 Å². The van der Waals surface area contributed by atoms with Gasteiger partial charge in [0.05, 0.1) is 26.9 Å². The van der Waals surface area contributed by atoms with Crippen LogP contribution >= 0.6 is 0 Å². The SMILES string of the molecule is COC(=O)[C@H]1CN(c2nccc(OC)n2)C[C@@H](C)O1. The van der Waals surface area contributed by atoms with E-state index in [1.807, 2.05) is 11.8 Å². The summed E-state index contributed by atoms with van der Waals surface area (Å²) in [4.78, 5) is 21.9. The fourth-order valence-electron chi connectivity index (χ4n) is 1.97. The third-order valence-electron chi connectivity index (χ3n) is 2.83. The lowest BCUT2D eigenvalue weighted by atomic mass is 10.2. The van der Waals surface area contributed by atoms with Crippen molar-refractivity contribution in [3.8, 4) is 5.88 Å². The Bertz CT molecular complexity index is 454. The lowest BCUT2D eigenvalue weighted by Crippen LogP contribution is -2.50. The van der Waals surface area contributed by atoms with Crippen LogP contribution in [0.5, 0.6) is 5.88 Å². The van der Waals surface area contributed by atoms with Crippen LogP contribution in [0.3, 0.4) is 0 Å². The first-order valence-corrected chi connectivity index (χ1v) is 5.99. The standard InChI is InChI=1S/C12H17N3O4/c1-8-6-15(7-9(19-8)11(16)18-3)12-13-5-4-10(14-12)17-2/h4-5,8-9H,6-7H2,1-3H3/t8-,9-/m1/s1. The monoisotopic (exact) mass is 267 g/mol. The summed E-state index contributed by atoms with van der Waals surface area (Å²) >= 11 is 0. The van der Waals surface area contributed by atoms with E-state index in [0.29, 0.717) is 24.9 Å². The van der Waals surface area contributed by atoms with E-state index in [2.05, 4.69) is 9.97 Å². The first-order valence-electron chi connectivity index (χ1n) is 5.99. The lowest BCUT2D eigenvalue weighted by molar-refractivity contribution is -0.158. The Hall–Kier alpha value is -1.89. The van der Waals surface area contributed by atoms with Crippen molar-refractivity contribution in [3.63, 3.8) is 0 Å². The Morgan fingerprint density at radius 3 is 2.95 bits per heavy atom. The molecule has 0 saturated carbocycles. The Labute approximate surface area is 111 Å². The molecule has 19 heavy (non-hydrogen) atoms. The fourth-order valence-corrected chi connectivity index (χ4v) is 1.97. The van der Waals surface area contributed by atoms with Gasteiger partial charge >= 0.3 is 5.97 Å². The molecular formula is C12H17N3O4. The summed E-state index contributed by atoms with van der Waals surface area (Å²) in [7, 11) is 2.89. The van der Waals surface area contributed by atoms with Crippen LogP contribution in [0.25, 0.3) is 0 Å². The van der Waals surface area contributed by atoms with Gasteiger partial charge < -0.3 is 19.1 Å². The molecule has 1 aliphatic rings. The Balaban J connectivity index is 2.16. The number of nitrogens with zero attached hydrogens (tertiary/aromatic N) is 3. The summed E-state index contributed by atoms with van der Waals surface area (Å²) < 4.78 is 15.3.